The van der Waals surface area contributed by atoms with Crippen molar-refractivity contribution in [2.45, 2.75) is 40.2 Å². The van der Waals surface area contributed by atoms with Gasteiger partial charge in [-0.3, -0.25) is 4.79 Å². The zero-order valence-electron chi connectivity index (χ0n) is 15.5. The van der Waals surface area contributed by atoms with E-state index in [4.69, 9.17) is 18.9 Å². The molecule has 0 aliphatic carbocycles. The van der Waals surface area contributed by atoms with E-state index < -0.39 is 18.2 Å². The summed E-state index contributed by atoms with van der Waals surface area (Å²) >= 11 is 0. The highest BCUT2D eigenvalue weighted by Gasteiger charge is 2.15. The Morgan fingerprint density at radius 3 is 2.36 bits per heavy atom. The van der Waals surface area contributed by atoms with Crippen molar-refractivity contribution >= 4 is 18.0 Å². The van der Waals surface area contributed by atoms with Gasteiger partial charge in [0.05, 0.1) is 19.1 Å². The standard InChI is InChI=1S/C17H29NO7/c1-6-13(4)16(20)24-11-14(5)25-17(21)18-7-8-22-9-10-23-15(19)12(2)3/h13-14H,2,6-11H2,1,3-5H3,(H,18,21). The summed E-state index contributed by atoms with van der Waals surface area (Å²) in [4.78, 5) is 34.1. The minimum atomic E-state index is -0.621. The van der Waals surface area contributed by atoms with E-state index in [9.17, 15) is 14.4 Å². The number of alkyl carbamates (subject to hydrolysis) is 1. The van der Waals surface area contributed by atoms with E-state index in [0.29, 0.717) is 12.0 Å². The minimum absolute atomic E-state index is 0.0151. The van der Waals surface area contributed by atoms with Gasteiger partial charge in [-0.25, -0.2) is 9.59 Å². The maximum Gasteiger partial charge on any atom is 0.407 e. The summed E-state index contributed by atoms with van der Waals surface area (Å²) in [6.45, 7) is 11.2. The van der Waals surface area contributed by atoms with E-state index >= 15 is 0 Å². The van der Waals surface area contributed by atoms with Crippen molar-refractivity contribution < 1.29 is 33.3 Å². The van der Waals surface area contributed by atoms with Crippen LogP contribution in [0.15, 0.2) is 12.2 Å². The number of ether oxygens (including phenoxy) is 4. The molecule has 1 amide bonds. The fraction of sp³-hybridized carbons (Fsp3) is 0.706. The van der Waals surface area contributed by atoms with Crippen molar-refractivity contribution in [3.63, 3.8) is 0 Å². The Bertz CT molecular complexity index is 450. The van der Waals surface area contributed by atoms with E-state index in [0.717, 1.165) is 0 Å². The molecule has 0 aromatic carbocycles. The second-order valence-electron chi connectivity index (χ2n) is 5.61. The lowest BCUT2D eigenvalue weighted by molar-refractivity contribution is -0.150. The lowest BCUT2D eigenvalue weighted by Gasteiger charge is -2.15. The summed E-state index contributed by atoms with van der Waals surface area (Å²) in [7, 11) is 0. The van der Waals surface area contributed by atoms with Gasteiger partial charge in [0.15, 0.2) is 0 Å². The third-order valence-electron chi connectivity index (χ3n) is 3.11. The van der Waals surface area contributed by atoms with Crippen LogP contribution in [0.3, 0.4) is 0 Å². The Labute approximate surface area is 148 Å². The van der Waals surface area contributed by atoms with Crippen LogP contribution in [0.2, 0.25) is 0 Å². The fourth-order valence-electron chi connectivity index (χ4n) is 1.41. The number of carbonyl (C=O) groups excluding carboxylic acids is 3. The lowest BCUT2D eigenvalue weighted by Crippen LogP contribution is -2.33. The monoisotopic (exact) mass is 359 g/mol. The Kier molecular flexibility index (Phi) is 12.1. The highest BCUT2D eigenvalue weighted by atomic mass is 16.6. The number of esters is 2. The van der Waals surface area contributed by atoms with Crippen LogP contribution in [0.5, 0.6) is 0 Å². The average molecular weight is 359 g/mol. The number of rotatable bonds is 12. The molecular formula is C17H29NO7. The molecule has 0 radical (unpaired) electrons. The molecule has 2 unspecified atom stereocenters. The number of hydrogen-bond donors (Lipinski definition) is 1. The molecule has 0 heterocycles. The van der Waals surface area contributed by atoms with Crippen LogP contribution in [-0.4, -0.2) is 57.1 Å². The van der Waals surface area contributed by atoms with Crippen molar-refractivity contribution in [1.82, 2.24) is 5.32 Å². The van der Waals surface area contributed by atoms with Crippen molar-refractivity contribution in [1.29, 1.82) is 0 Å². The summed E-state index contributed by atoms with van der Waals surface area (Å²) < 4.78 is 20.1. The third-order valence-corrected chi connectivity index (χ3v) is 3.11. The van der Waals surface area contributed by atoms with Gasteiger partial charge in [-0.2, -0.15) is 0 Å². The van der Waals surface area contributed by atoms with Crippen molar-refractivity contribution in [3.8, 4) is 0 Å². The molecule has 0 aromatic heterocycles. The van der Waals surface area contributed by atoms with Crippen molar-refractivity contribution in [2.75, 3.05) is 33.0 Å². The largest absolute Gasteiger partial charge is 0.462 e. The SMILES string of the molecule is C=C(C)C(=O)OCCOCCNC(=O)OC(C)COC(=O)C(C)CC. The molecule has 8 nitrogen and oxygen atoms in total. The second-order valence-corrected chi connectivity index (χ2v) is 5.61. The molecule has 0 aliphatic heterocycles. The Morgan fingerprint density at radius 2 is 1.76 bits per heavy atom. The van der Waals surface area contributed by atoms with Gasteiger partial charge in [-0.05, 0) is 20.3 Å². The fourth-order valence-corrected chi connectivity index (χ4v) is 1.41. The molecule has 25 heavy (non-hydrogen) atoms. The van der Waals surface area contributed by atoms with Gasteiger partial charge in [0, 0.05) is 12.1 Å². The molecule has 0 rings (SSSR count). The van der Waals surface area contributed by atoms with Crippen LogP contribution < -0.4 is 5.32 Å². The van der Waals surface area contributed by atoms with E-state index in [1.807, 2.05) is 6.92 Å². The number of nitrogens with one attached hydrogen (secondary N) is 1. The Morgan fingerprint density at radius 1 is 1.08 bits per heavy atom. The second kappa shape index (κ2) is 13.2. The smallest absolute Gasteiger partial charge is 0.407 e. The number of carbonyl (C=O) groups is 3. The summed E-state index contributed by atoms with van der Waals surface area (Å²) in [5, 5.41) is 2.50. The molecule has 144 valence electrons. The quantitative estimate of drug-likeness (QED) is 0.245. The molecule has 8 heteroatoms. The van der Waals surface area contributed by atoms with Gasteiger partial charge in [0.1, 0.15) is 19.3 Å². The molecule has 0 spiro atoms. The molecule has 0 saturated carbocycles. The van der Waals surface area contributed by atoms with Crippen LogP contribution in [0.1, 0.15) is 34.1 Å². The summed E-state index contributed by atoms with van der Waals surface area (Å²) in [6, 6.07) is 0. The Balaban J connectivity index is 3.65. The summed E-state index contributed by atoms with van der Waals surface area (Å²) in [6.07, 6.45) is -0.471. The van der Waals surface area contributed by atoms with Gasteiger partial charge in [-0.1, -0.05) is 20.4 Å². The van der Waals surface area contributed by atoms with E-state index in [-0.39, 0.29) is 44.9 Å². The third kappa shape index (κ3) is 12.0. The highest BCUT2D eigenvalue weighted by Crippen LogP contribution is 2.04. The Hall–Kier alpha value is -2.09. The molecule has 1 N–H and O–H groups in total. The van der Waals surface area contributed by atoms with Crippen LogP contribution >= 0.6 is 0 Å². The molecule has 0 fully saturated rings. The van der Waals surface area contributed by atoms with E-state index in [1.165, 1.54) is 0 Å². The topological polar surface area (TPSA) is 100 Å². The lowest BCUT2D eigenvalue weighted by atomic mass is 10.1. The summed E-state index contributed by atoms with van der Waals surface area (Å²) in [5.74, 6) is -0.944. The maximum absolute atomic E-state index is 11.5. The average Bonchev–Trinajstić information content (AvgIpc) is 2.57. The predicted octanol–water partition coefficient (Wildman–Crippen LogP) is 1.83. The zero-order valence-corrected chi connectivity index (χ0v) is 15.5. The van der Waals surface area contributed by atoms with Crippen LogP contribution in [0.4, 0.5) is 4.79 Å². The molecule has 0 aliphatic rings. The zero-order chi connectivity index (χ0) is 19.2. The van der Waals surface area contributed by atoms with Gasteiger partial charge in [0.2, 0.25) is 0 Å². The molecular weight excluding hydrogens is 330 g/mol. The van der Waals surface area contributed by atoms with E-state index in [1.54, 1.807) is 20.8 Å². The molecule has 2 atom stereocenters. The van der Waals surface area contributed by atoms with Crippen molar-refractivity contribution in [2.24, 2.45) is 5.92 Å². The number of amides is 1. The normalized spacial score (nSPS) is 12.6. The first kappa shape index (κ1) is 22.9. The first-order valence-electron chi connectivity index (χ1n) is 8.29. The van der Waals surface area contributed by atoms with Gasteiger partial charge in [-0.15, -0.1) is 0 Å². The van der Waals surface area contributed by atoms with E-state index in [2.05, 4.69) is 11.9 Å². The van der Waals surface area contributed by atoms with Gasteiger partial charge in [0.25, 0.3) is 0 Å². The minimum Gasteiger partial charge on any atom is -0.462 e. The highest BCUT2D eigenvalue weighted by molar-refractivity contribution is 5.86. The molecule has 0 aromatic rings. The number of hydrogen-bond acceptors (Lipinski definition) is 7. The van der Waals surface area contributed by atoms with Crippen LogP contribution in [-0.2, 0) is 28.5 Å². The van der Waals surface area contributed by atoms with Crippen molar-refractivity contribution in [3.05, 3.63) is 12.2 Å². The molecule has 0 saturated heterocycles. The van der Waals surface area contributed by atoms with Gasteiger partial charge < -0.3 is 24.3 Å². The molecule has 0 bridgehead atoms. The summed E-state index contributed by atoms with van der Waals surface area (Å²) in [5.41, 5.74) is 0.327. The van der Waals surface area contributed by atoms with Crippen LogP contribution in [0, 0.1) is 5.92 Å². The predicted molar refractivity (Wildman–Crippen MR) is 91.0 cm³/mol. The maximum atomic E-state index is 11.5. The first-order valence-corrected chi connectivity index (χ1v) is 8.29. The van der Waals surface area contributed by atoms with Crippen LogP contribution in [0.25, 0.3) is 0 Å². The first-order chi connectivity index (χ1) is 11.8. The van der Waals surface area contributed by atoms with Gasteiger partial charge >= 0.3 is 18.0 Å².